The lowest BCUT2D eigenvalue weighted by atomic mass is 9.88. The fourth-order valence-electron chi connectivity index (χ4n) is 3.68. The third-order valence-electron chi connectivity index (χ3n) is 5.69. The van der Waals surface area contributed by atoms with E-state index in [2.05, 4.69) is 17.0 Å². The van der Waals surface area contributed by atoms with Gasteiger partial charge in [0.25, 0.3) is 0 Å². The van der Waals surface area contributed by atoms with Gasteiger partial charge in [-0.25, -0.2) is 4.79 Å². The summed E-state index contributed by atoms with van der Waals surface area (Å²) in [6.45, 7) is 3.74. The van der Waals surface area contributed by atoms with Gasteiger partial charge in [-0.05, 0) is 30.5 Å². The van der Waals surface area contributed by atoms with Gasteiger partial charge in [-0.3, -0.25) is 9.69 Å². The Labute approximate surface area is 191 Å². The Morgan fingerprint density at radius 2 is 1.79 bits per heavy atom. The van der Waals surface area contributed by atoms with Crippen LogP contribution in [0.4, 0.5) is 13.2 Å². The normalized spacial score (nSPS) is 20.1. The molecule has 2 aliphatic rings. The molecule has 2 aliphatic heterocycles. The van der Waals surface area contributed by atoms with Gasteiger partial charge in [0.2, 0.25) is 5.91 Å². The zero-order valence-electron chi connectivity index (χ0n) is 19.1. The lowest BCUT2D eigenvalue weighted by Crippen LogP contribution is -2.44. The van der Waals surface area contributed by atoms with Crippen LogP contribution in [-0.2, 0) is 25.6 Å². The van der Waals surface area contributed by atoms with Gasteiger partial charge in [0.05, 0.1) is 25.4 Å². The highest BCUT2D eigenvalue weighted by molar-refractivity contribution is 5.76. The number of nitrogens with zero attached hydrogens (tertiary/aromatic N) is 2. The third kappa shape index (κ3) is 8.49. The standard InChI is InChI=1S/C20H30N2O4.C2HF3O2/c1-21(2)19(23)15-25-18-12-20(26-14-18)8-10-22(11-9-20)13-16-4-6-17(24-3)7-5-16;3-2(4,5)1(6)7/h4-7,18H,8-15H2,1-3H3;(H,6,7). The number of amides is 1. The smallest absolute Gasteiger partial charge is 0.490 e. The summed E-state index contributed by atoms with van der Waals surface area (Å²) in [6.07, 6.45) is -2.12. The van der Waals surface area contributed by atoms with Crippen molar-refractivity contribution in [2.45, 2.75) is 43.7 Å². The summed E-state index contributed by atoms with van der Waals surface area (Å²) in [5.74, 6) is -1.86. The first-order valence-electron chi connectivity index (χ1n) is 10.6. The van der Waals surface area contributed by atoms with E-state index in [0.29, 0.717) is 6.61 Å². The number of carbonyl (C=O) groups excluding carboxylic acids is 1. The Bertz CT molecular complexity index is 777. The van der Waals surface area contributed by atoms with Crippen LogP contribution in [0.5, 0.6) is 5.75 Å². The van der Waals surface area contributed by atoms with Crippen LogP contribution in [-0.4, -0.2) is 92.2 Å². The van der Waals surface area contributed by atoms with Gasteiger partial charge in [0, 0.05) is 40.2 Å². The topological polar surface area (TPSA) is 88.5 Å². The number of hydrogen-bond acceptors (Lipinski definition) is 6. The summed E-state index contributed by atoms with van der Waals surface area (Å²) in [6, 6.07) is 8.28. The maximum atomic E-state index is 11.7. The number of aliphatic carboxylic acids is 1. The number of likely N-dealkylation sites (N-methyl/N-ethyl adjacent to an activating group) is 1. The van der Waals surface area contributed by atoms with Crippen molar-refractivity contribution in [1.82, 2.24) is 9.80 Å². The van der Waals surface area contributed by atoms with E-state index >= 15 is 0 Å². The number of carboxylic acids is 1. The minimum Gasteiger partial charge on any atom is -0.497 e. The zero-order chi connectivity index (χ0) is 24.6. The second-order valence-electron chi connectivity index (χ2n) is 8.35. The van der Waals surface area contributed by atoms with Crippen LogP contribution in [0, 0.1) is 0 Å². The number of piperidine rings is 1. The summed E-state index contributed by atoms with van der Waals surface area (Å²) in [5, 5.41) is 7.12. The number of ether oxygens (including phenoxy) is 3. The molecule has 1 N–H and O–H groups in total. The van der Waals surface area contributed by atoms with Crippen molar-refractivity contribution in [1.29, 1.82) is 0 Å². The second kappa shape index (κ2) is 11.7. The van der Waals surface area contributed by atoms with Gasteiger partial charge in [0.1, 0.15) is 12.4 Å². The molecule has 0 bridgehead atoms. The van der Waals surface area contributed by atoms with Crippen LogP contribution in [0.15, 0.2) is 24.3 Å². The molecule has 2 heterocycles. The largest absolute Gasteiger partial charge is 0.497 e. The van der Waals surface area contributed by atoms with Crippen LogP contribution < -0.4 is 4.74 Å². The summed E-state index contributed by atoms with van der Waals surface area (Å²) >= 11 is 0. The van der Waals surface area contributed by atoms with E-state index in [-0.39, 0.29) is 24.2 Å². The molecule has 186 valence electrons. The molecule has 33 heavy (non-hydrogen) atoms. The quantitative estimate of drug-likeness (QED) is 0.675. The van der Waals surface area contributed by atoms with E-state index in [1.165, 1.54) is 5.56 Å². The molecule has 11 heteroatoms. The molecule has 0 saturated carbocycles. The number of methoxy groups -OCH3 is 1. The molecular weight excluding hydrogens is 445 g/mol. The maximum absolute atomic E-state index is 11.7. The van der Waals surface area contributed by atoms with E-state index in [9.17, 15) is 18.0 Å². The minimum absolute atomic E-state index is 0.000242. The number of halogens is 3. The number of carbonyl (C=O) groups is 2. The Kier molecular flexibility index (Phi) is 9.50. The van der Waals surface area contributed by atoms with Crippen LogP contribution >= 0.6 is 0 Å². The number of hydrogen-bond donors (Lipinski definition) is 1. The molecule has 1 aromatic rings. The summed E-state index contributed by atoms with van der Waals surface area (Å²) < 4.78 is 48.8. The lowest BCUT2D eigenvalue weighted by Gasteiger charge is -2.38. The van der Waals surface area contributed by atoms with Crippen molar-refractivity contribution in [3.63, 3.8) is 0 Å². The third-order valence-corrected chi connectivity index (χ3v) is 5.69. The predicted octanol–water partition coefficient (Wildman–Crippen LogP) is 2.56. The molecule has 1 aromatic carbocycles. The Hall–Kier alpha value is -2.37. The van der Waals surface area contributed by atoms with E-state index in [4.69, 9.17) is 24.1 Å². The predicted molar refractivity (Wildman–Crippen MR) is 113 cm³/mol. The Morgan fingerprint density at radius 1 is 1.21 bits per heavy atom. The van der Waals surface area contributed by atoms with E-state index in [0.717, 1.165) is 44.6 Å². The number of benzene rings is 1. The van der Waals surface area contributed by atoms with E-state index < -0.39 is 12.1 Å². The molecule has 1 atom stereocenters. The molecule has 0 aliphatic carbocycles. The van der Waals surface area contributed by atoms with Gasteiger partial charge >= 0.3 is 12.1 Å². The van der Waals surface area contributed by atoms with Crippen molar-refractivity contribution in [3.8, 4) is 5.75 Å². The molecule has 2 saturated heterocycles. The van der Waals surface area contributed by atoms with Crippen LogP contribution in [0.2, 0.25) is 0 Å². The van der Waals surface area contributed by atoms with Crippen molar-refractivity contribution in [2.75, 3.05) is 47.5 Å². The maximum Gasteiger partial charge on any atom is 0.490 e. The SMILES string of the molecule is COc1ccc(CN2CCC3(CC2)CC(OCC(=O)N(C)C)CO3)cc1.O=C(O)C(F)(F)F. The molecule has 1 spiro atoms. The Balaban J connectivity index is 0.000000479. The highest BCUT2D eigenvalue weighted by Gasteiger charge is 2.43. The molecule has 8 nitrogen and oxygen atoms in total. The molecule has 0 radical (unpaired) electrons. The van der Waals surface area contributed by atoms with Gasteiger partial charge in [-0.1, -0.05) is 12.1 Å². The van der Waals surface area contributed by atoms with Crippen molar-refractivity contribution < 1.29 is 42.1 Å². The first-order chi connectivity index (χ1) is 15.4. The van der Waals surface area contributed by atoms with Crippen molar-refractivity contribution >= 4 is 11.9 Å². The van der Waals surface area contributed by atoms with Crippen molar-refractivity contribution in [3.05, 3.63) is 29.8 Å². The molecular formula is C22H31F3N2O6. The fraction of sp³-hybridized carbons (Fsp3) is 0.636. The molecule has 3 rings (SSSR count). The Morgan fingerprint density at radius 3 is 2.27 bits per heavy atom. The van der Waals surface area contributed by atoms with E-state index in [1.54, 1.807) is 26.1 Å². The number of rotatable bonds is 6. The summed E-state index contributed by atoms with van der Waals surface area (Å²) in [5.41, 5.74) is 1.24. The van der Waals surface area contributed by atoms with Gasteiger partial charge in [0.15, 0.2) is 0 Å². The number of alkyl halides is 3. The lowest BCUT2D eigenvalue weighted by molar-refractivity contribution is -0.192. The van der Waals surface area contributed by atoms with Crippen LogP contribution in [0.25, 0.3) is 0 Å². The number of likely N-dealkylation sites (tertiary alicyclic amines) is 1. The van der Waals surface area contributed by atoms with Crippen molar-refractivity contribution in [2.24, 2.45) is 0 Å². The minimum atomic E-state index is -5.08. The van der Waals surface area contributed by atoms with Gasteiger partial charge in [-0.2, -0.15) is 13.2 Å². The highest BCUT2D eigenvalue weighted by atomic mass is 19.4. The van der Waals surface area contributed by atoms with E-state index in [1.807, 2.05) is 12.1 Å². The molecule has 2 fully saturated rings. The van der Waals surface area contributed by atoms with Crippen LogP contribution in [0.1, 0.15) is 24.8 Å². The first kappa shape index (κ1) is 26.9. The van der Waals surface area contributed by atoms with Gasteiger partial charge < -0.3 is 24.2 Å². The number of carboxylic acid groups (broad SMARTS) is 1. The molecule has 0 aromatic heterocycles. The molecule has 1 amide bonds. The van der Waals surface area contributed by atoms with Crippen LogP contribution in [0.3, 0.4) is 0 Å². The highest BCUT2D eigenvalue weighted by Crippen LogP contribution is 2.37. The fourth-order valence-corrected chi connectivity index (χ4v) is 3.68. The summed E-state index contributed by atoms with van der Waals surface area (Å²) in [7, 11) is 5.18. The monoisotopic (exact) mass is 476 g/mol. The average Bonchev–Trinajstić information content (AvgIpc) is 3.16. The first-order valence-corrected chi connectivity index (χ1v) is 10.6. The second-order valence-corrected chi connectivity index (χ2v) is 8.35. The summed E-state index contributed by atoms with van der Waals surface area (Å²) in [4.78, 5) is 24.6. The zero-order valence-corrected chi connectivity index (χ0v) is 19.1. The average molecular weight is 476 g/mol. The molecule has 1 unspecified atom stereocenters. The van der Waals surface area contributed by atoms with Gasteiger partial charge in [-0.15, -0.1) is 0 Å².